The molecule has 0 atom stereocenters. The second kappa shape index (κ2) is 7.91. The van der Waals surface area contributed by atoms with Crippen molar-refractivity contribution in [3.8, 4) is 5.75 Å². The summed E-state index contributed by atoms with van der Waals surface area (Å²) in [5.74, 6) is -0.616. The summed E-state index contributed by atoms with van der Waals surface area (Å²) < 4.78 is 57.0. The van der Waals surface area contributed by atoms with Gasteiger partial charge in [-0.25, -0.2) is 9.07 Å². The molecule has 172 valence electrons. The van der Waals surface area contributed by atoms with Gasteiger partial charge in [0.15, 0.2) is 5.78 Å². The van der Waals surface area contributed by atoms with Crippen LogP contribution in [0, 0.1) is 11.2 Å². The fraction of sp³-hybridized carbons (Fsp3) is 0.450. The summed E-state index contributed by atoms with van der Waals surface area (Å²) in [6.45, 7) is -1.73. The summed E-state index contributed by atoms with van der Waals surface area (Å²) in [4.78, 5) is 24.7. The highest BCUT2D eigenvalue weighted by Crippen LogP contribution is 2.70. The molecular formula is C20H17Cl2F4N3O3. The normalized spacial score (nSPS) is 23.8. The number of alkyl halides is 3. The van der Waals surface area contributed by atoms with Gasteiger partial charge in [-0.2, -0.15) is 18.3 Å². The number of rotatable bonds is 8. The minimum Gasteiger partial charge on any atom is -0.486 e. The molecule has 6 nitrogen and oxygen atoms in total. The molecule has 0 spiro atoms. The van der Waals surface area contributed by atoms with E-state index in [1.165, 1.54) is 12.1 Å². The van der Waals surface area contributed by atoms with Gasteiger partial charge in [-0.1, -0.05) is 23.2 Å². The average molecular weight is 494 g/mol. The Balaban J connectivity index is 1.32. The van der Waals surface area contributed by atoms with Crippen LogP contribution in [-0.2, 0) is 11.3 Å². The van der Waals surface area contributed by atoms with E-state index in [1.54, 1.807) is 0 Å². The van der Waals surface area contributed by atoms with Crippen molar-refractivity contribution in [2.24, 2.45) is 5.41 Å². The van der Waals surface area contributed by atoms with Crippen LogP contribution in [0.4, 0.5) is 23.2 Å². The van der Waals surface area contributed by atoms with Gasteiger partial charge >= 0.3 is 6.18 Å². The van der Waals surface area contributed by atoms with Crippen LogP contribution in [0.3, 0.4) is 0 Å². The van der Waals surface area contributed by atoms with Gasteiger partial charge in [0, 0.05) is 18.0 Å². The molecule has 0 amide bonds. The highest BCUT2D eigenvalue weighted by Gasteiger charge is 2.68. The highest BCUT2D eigenvalue weighted by molar-refractivity contribution is 6.33. The first-order chi connectivity index (χ1) is 14.9. The Morgan fingerprint density at radius 2 is 1.91 bits per heavy atom. The minimum atomic E-state index is -4.59. The van der Waals surface area contributed by atoms with Gasteiger partial charge in [0.2, 0.25) is 0 Å². The summed E-state index contributed by atoms with van der Waals surface area (Å²) in [5.41, 5.74) is -1.81. The number of anilines is 1. The number of hydrogen-bond acceptors (Lipinski definition) is 5. The quantitative estimate of drug-likeness (QED) is 0.543. The molecule has 0 saturated heterocycles. The Morgan fingerprint density at radius 1 is 1.22 bits per heavy atom. The fourth-order valence-electron chi connectivity index (χ4n) is 4.65. The first-order valence-electron chi connectivity index (χ1n) is 9.60. The minimum absolute atomic E-state index is 0.0465. The van der Waals surface area contributed by atoms with Crippen LogP contribution in [0.25, 0.3) is 0 Å². The van der Waals surface area contributed by atoms with Crippen LogP contribution in [-0.4, -0.2) is 33.9 Å². The molecule has 1 aromatic carbocycles. The Kier molecular flexibility index (Phi) is 5.65. The molecule has 5 rings (SSSR count). The lowest BCUT2D eigenvalue weighted by Gasteiger charge is -2.71. The first-order valence-corrected chi connectivity index (χ1v) is 10.4. The smallest absolute Gasteiger partial charge is 0.408 e. The third kappa shape index (κ3) is 4.56. The number of aromatic nitrogens is 2. The molecule has 2 aromatic rings. The molecule has 12 heteroatoms. The molecule has 1 heterocycles. The van der Waals surface area contributed by atoms with Crippen LogP contribution >= 0.6 is 23.2 Å². The van der Waals surface area contributed by atoms with Gasteiger partial charge < -0.3 is 10.1 Å². The van der Waals surface area contributed by atoms with Gasteiger partial charge in [0.1, 0.15) is 30.4 Å². The van der Waals surface area contributed by atoms with Crippen LogP contribution in [0.5, 0.6) is 5.75 Å². The van der Waals surface area contributed by atoms with E-state index < -0.39 is 29.6 Å². The predicted molar refractivity (Wildman–Crippen MR) is 109 cm³/mol. The molecule has 0 aliphatic heterocycles. The van der Waals surface area contributed by atoms with E-state index in [1.807, 2.05) is 0 Å². The van der Waals surface area contributed by atoms with Crippen LogP contribution < -0.4 is 15.6 Å². The van der Waals surface area contributed by atoms with Crippen molar-refractivity contribution in [1.82, 2.24) is 9.78 Å². The van der Waals surface area contributed by atoms with Crippen molar-refractivity contribution < 1.29 is 27.1 Å². The predicted octanol–water partition coefficient (Wildman–Crippen LogP) is 4.62. The average Bonchev–Trinajstić information content (AvgIpc) is 2.64. The molecule has 3 fully saturated rings. The number of carbonyl (C=O) groups excluding carboxylic acids is 1. The molecule has 3 saturated carbocycles. The number of carbonyl (C=O) groups is 1. The van der Waals surface area contributed by atoms with Crippen molar-refractivity contribution in [1.29, 1.82) is 0 Å². The maximum atomic E-state index is 13.4. The second-order valence-electron chi connectivity index (χ2n) is 8.46. The SMILES string of the molecule is O=C(COc1ccc(Cl)c(F)c1)CC12CC(Nc3c(Cl)cnn(CC(F)(F)F)c3=O)(C1)C2. The number of nitrogens with one attached hydrogen (secondary N) is 1. The van der Waals surface area contributed by atoms with Gasteiger partial charge in [0.05, 0.1) is 16.2 Å². The van der Waals surface area contributed by atoms with Crippen molar-refractivity contribution in [2.75, 3.05) is 11.9 Å². The summed E-state index contributed by atoms with van der Waals surface area (Å²) in [6.07, 6.45) is -1.65. The lowest BCUT2D eigenvalue weighted by molar-refractivity contribution is -0.147. The third-order valence-corrected chi connectivity index (χ3v) is 6.31. The Morgan fingerprint density at radius 3 is 2.53 bits per heavy atom. The standard InChI is InChI=1S/C20H17Cl2F4N3O3/c21-13-2-1-12(3-15(13)23)32-6-11(30)4-18-7-19(8-18,9-18)28-16-14(22)5-27-29(17(16)31)10-20(24,25)26/h1-3,5,28H,4,6-10H2. The van der Waals surface area contributed by atoms with E-state index in [-0.39, 0.29) is 45.7 Å². The van der Waals surface area contributed by atoms with E-state index in [2.05, 4.69) is 10.4 Å². The van der Waals surface area contributed by atoms with Crippen LogP contribution in [0.15, 0.2) is 29.2 Å². The summed E-state index contributed by atoms with van der Waals surface area (Å²) in [5, 5.41) is 6.31. The summed E-state index contributed by atoms with van der Waals surface area (Å²) in [7, 11) is 0. The van der Waals surface area contributed by atoms with Crippen molar-refractivity contribution in [2.45, 2.75) is 43.9 Å². The molecule has 1 aromatic heterocycles. The van der Waals surface area contributed by atoms with E-state index in [0.29, 0.717) is 23.9 Å². The maximum Gasteiger partial charge on any atom is 0.408 e. The number of hydrogen-bond donors (Lipinski definition) is 1. The number of ketones is 1. The summed E-state index contributed by atoms with van der Waals surface area (Å²) in [6, 6.07) is 3.89. The molecule has 3 aliphatic carbocycles. The second-order valence-corrected chi connectivity index (χ2v) is 9.28. The van der Waals surface area contributed by atoms with Gasteiger partial charge in [-0.3, -0.25) is 9.59 Å². The number of halogens is 6. The maximum absolute atomic E-state index is 13.4. The van der Waals surface area contributed by atoms with Gasteiger partial charge in [-0.15, -0.1) is 0 Å². The number of benzene rings is 1. The number of nitrogens with zero attached hydrogens (tertiary/aromatic N) is 2. The largest absolute Gasteiger partial charge is 0.486 e. The van der Waals surface area contributed by atoms with E-state index >= 15 is 0 Å². The highest BCUT2D eigenvalue weighted by atomic mass is 35.5. The zero-order chi connectivity index (χ0) is 23.3. The topological polar surface area (TPSA) is 73.2 Å². The molecule has 0 unspecified atom stereocenters. The monoisotopic (exact) mass is 493 g/mol. The Labute approximate surface area is 189 Å². The van der Waals surface area contributed by atoms with E-state index in [4.69, 9.17) is 27.9 Å². The molecule has 1 N–H and O–H groups in total. The van der Waals surface area contributed by atoms with Gasteiger partial charge in [-0.05, 0) is 36.8 Å². The van der Waals surface area contributed by atoms with Crippen LogP contribution in [0.2, 0.25) is 10.0 Å². The lowest BCUT2D eigenvalue weighted by Crippen LogP contribution is -2.71. The molecular weight excluding hydrogens is 477 g/mol. The Hall–Kier alpha value is -2.33. The first kappa shape index (κ1) is 22.8. The van der Waals surface area contributed by atoms with Crippen LogP contribution in [0.1, 0.15) is 25.7 Å². The molecule has 2 bridgehead atoms. The van der Waals surface area contributed by atoms with E-state index in [9.17, 15) is 27.2 Å². The lowest BCUT2D eigenvalue weighted by atomic mass is 9.38. The fourth-order valence-corrected chi connectivity index (χ4v) is 4.94. The van der Waals surface area contributed by atoms with Gasteiger partial charge in [0.25, 0.3) is 5.56 Å². The number of ether oxygens (including phenoxy) is 1. The Bertz CT molecular complexity index is 1120. The summed E-state index contributed by atoms with van der Waals surface area (Å²) >= 11 is 11.6. The zero-order valence-corrected chi connectivity index (χ0v) is 18.0. The van der Waals surface area contributed by atoms with Crippen molar-refractivity contribution >= 4 is 34.7 Å². The zero-order valence-electron chi connectivity index (χ0n) is 16.4. The van der Waals surface area contributed by atoms with Crippen molar-refractivity contribution in [3.63, 3.8) is 0 Å². The van der Waals surface area contributed by atoms with Crippen molar-refractivity contribution in [3.05, 3.63) is 50.6 Å². The molecule has 0 radical (unpaired) electrons. The molecule has 32 heavy (non-hydrogen) atoms. The van der Waals surface area contributed by atoms with E-state index in [0.717, 1.165) is 12.3 Å². The number of Topliss-reactive ketones (excluding diaryl/α,β-unsaturated/α-hetero) is 1. The molecule has 3 aliphatic rings. The third-order valence-electron chi connectivity index (χ3n) is 5.72.